The fourth-order valence-corrected chi connectivity index (χ4v) is 7.32. The van der Waals surface area contributed by atoms with Crippen molar-refractivity contribution in [2.75, 3.05) is 13.2 Å². The Hall–Kier alpha value is -2.78. The monoisotopic (exact) mass is 552 g/mol. The van der Waals surface area contributed by atoms with Gasteiger partial charge in [-0.3, -0.25) is 4.79 Å². The maximum Gasteiger partial charge on any atom is 0.303 e. The zero-order valence-electron chi connectivity index (χ0n) is 22.5. The molecule has 0 aliphatic heterocycles. The molecule has 3 unspecified atom stereocenters. The lowest BCUT2D eigenvalue weighted by molar-refractivity contribution is -0.137. The fraction of sp³-hybridized carbons (Fsp3) is 0.452. The van der Waals surface area contributed by atoms with E-state index < -0.39 is 16.2 Å². The average Bonchev–Trinajstić information content (AvgIpc) is 3.42. The van der Waals surface area contributed by atoms with Crippen LogP contribution in [0.25, 0.3) is 11.1 Å². The third-order valence-electron chi connectivity index (χ3n) is 8.22. The second-order valence-electron chi connectivity index (χ2n) is 10.7. The third-order valence-corrected chi connectivity index (χ3v) is 8.85. The minimum atomic E-state index is -3.85. The van der Waals surface area contributed by atoms with Gasteiger partial charge in [0.2, 0.25) is 0 Å². The SMILES string of the molecule is C=C(c1ccccc1)C12CCC(NS(N)(=O)=O)C1CC(CCCCOCCCCC(=O)O)=C2c1ccccc1. The molecule has 2 aromatic carbocycles. The predicted molar refractivity (Wildman–Crippen MR) is 155 cm³/mol. The van der Waals surface area contributed by atoms with Gasteiger partial charge >= 0.3 is 5.97 Å². The maximum atomic E-state index is 12.1. The van der Waals surface area contributed by atoms with Crippen LogP contribution in [0.15, 0.2) is 72.8 Å². The molecule has 4 N–H and O–H groups in total. The molecule has 1 saturated carbocycles. The number of unbranched alkanes of at least 4 members (excludes halogenated alkanes) is 2. The second kappa shape index (κ2) is 13.0. The number of benzene rings is 2. The van der Waals surface area contributed by atoms with Crippen molar-refractivity contribution in [3.63, 3.8) is 0 Å². The van der Waals surface area contributed by atoms with Crippen LogP contribution in [0.3, 0.4) is 0 Å². The molecular formula is C31H40N2O5S. The summed E-state index contributed by atoms with van der Waals surface area (Å²) in [4.78, 5) is 10.6. The van der Waals surface area contributed by atoms with Gasteiger partial charge in [0.15, 0.2) is 0 Å². The number of rotatable bonds is 15. The van der Waals surface area contributed by atoms with E-state index in [1.54, 1.807) is 0 Å². The molecule has 210 valence electrons. The first-order valence-corrected chi connectivity index (χ1v) is 15.4. The molecule has 1 fully saturated rings. The number of carboxylic acid groups (broad SMARTS) is 1. The third kappa shape index (κ3) is 7.06. The molecule has 8 heteroatoms. The molecule has 7 nitrogen and oxygen atoms in total. The van der Waals surface area contributed by atoms with Gasteiger partial charge in [-0.05, 0) is 79.6 Å². The largest absolute Gasteiger partial charge is 0.481 e. The van der Waals surface area contributed by atoms with E-state index in [1.807, 2.05) is 24.3 Å². The standard InChI is InChI=1S/C31H40N2O5S/c1-23(24-12-4-2-5-13-24)31-19-18-28(33-39(32,36)37)27(31)22-26(30(31)25-14-6-3-7-15-25)16-8-10-20-38-21-11-9-17-29(34)35/h2-7,12-15,27-28,33H,1,8-11,16-22H2,(H,34,35)(H2,32,36,37). The first kappa shape index (κ1) is 29.2. The number of carboxylic acids is 1. The maximum absolute atomic E-state index is 12.1. The van der Waals surface area contributed by atoms with E-state index in [0.29, 0.717) is 26.1 Å². The van der Waals surface area contributed by atoms with Crippen molar-refractivity contribution in [1.82, 2.24) is 4.72 Å². The van der Waals surface area contributed by atoms with Crippen LogP contribution in [0, 0.1) is 11.3 Å². The van der Waals surface area contributed by atoms with E-state index in [-0.39, 0.29) is 23.8 Å². The minimum Gasteiger partial charge on any atom is -0.481 e. The van der Waals surface area contributed by atoms with Crippen LogP contribution in [0.1, 0.15) is 68.9 Å². The van der Waals surface area contributed by atoms with Gasteiger partial charge in [-0.2, -0.15) is 13.1 Å². The second-order valence-corrected chi connectivity index (χ2v) is 12.0. The Labute approximate surface area is 232 Å². The van der Waals surface area contributed by atoms with E-state index in [0.717, 1.165) is 55.2 Å². The van der Waals surface area contributed by atoms with Gasteiger partial charge in [0.05, 0.1) is 0 Å². The van der Waals surface area contributed by atoms with Crippen molar-refractivity contribution in [1.29, 1.82) is 0 Å². The number of nitrogens with one attached hydrogen (secondary N) is 1. The Morgan fingerprint density at radius 1 is 1.03 bits per heavy atom. The summed E-state index contributed by atoms with van der Waals surface area (Å²) in [6, 6.07) is 20.4. The van der Waals surface area contributed by atoms with Gasteiger partial charge in [-0.15, -0.1) is 0 Å². The molecule has 0 saturated heterocycles. The normalized spacial score (nSPS) is 22.7. The minimum absolute atomic E-state index is 0.0271. The molecule has 0 spiro atoms. The Balaban J connectivity index is 1.57. The number of nitrogens with two attached hydrogens (primary N) is 1. The first-order valence-electron chi connectivity index (χ1n) is 13.8. The van der Waals surface area contributed by atoms with Gasteiger partial charge in [0.25, 0.3) is 10.2 Å². The summed E-state index contributed by atoms with van der Waals surface area (Å²) >= 11 is 0. The van der Waals surface area contributed by atoms with Crippen molar-refractivity contribution in [3.8, 4) is 0 Å². The highest BCUT2D eigenvalue weighted by atomic mass is 32.2. The molecule has 2 aromatic rings. The highest BCUT2D eigenvalue weighted by molar-refractivity contribution is 7.87. The summed E-state index contributed by atoms with van der Waals surface area (Å²) in [5, 5.41) is 14.2. The molecule has 0 bridgehead atoms. The highest BCUT2D eigenvalue weighted by Gasteiger charge is 2.57. The molecule has 0 heterocycles. The topological polar surface area (TPSA) is 119 Å². The van der Waals surface area contributed by atoms with Crippen molar-refractivity contribution in [2.24, 2.45) is 16.5 Å². The fourth-order valence-electron chi connectivity index (χ4n) is 6.62. The lowest BCUT2D eigenvalue weighted by Gasteiger charge is -2.37. The van der Waals surface area contributed by atoms with Gasteiger partial charge in [-0.25, -0.2) is 5.14 Å². The number of hydrogen-bond acceptors (Lipinski definition) is 4. The van der Waals surface area contributed by atoms with E-state index >= 15 is 0 Å². The smallest absolute Gasteiger partial charge is 0.303 e. The number of carbonyl (C=O) groups is 1. The van der Waals surface area contributed by atoms with Crippen LogP contribution in [0.4, 0.5) is 0 Å². The van der Waals surface area contributed by atoms with Gasteiger partial charge < -0.3 is 9.84 Å². The average molecular weight is 553 g/mol. The zero-order valence-corrected chi connectivity index (χ0v) is 23.3. The lowest BCUT2D eigenvalue weighted by atomic mass is 9.66. The Morgan fingerprint density at radius 3 is 2.31 bits per heavy atom. The van der Waals surface area contributed by atoms with Crippen LogP contribution in [-0.4, -0.2) is 38.7 Å². The van der Waals surface area contributed by atoms with Crippen LogP contribution in [0.5, 0.6) is 0 Å². The molecule has 0 aromatic heterocycles. The predicted octanol–water partition coefficient (Wildman–Crippen LogP) is 5.56. The number of aliphatic carboxylic acids is 1. The summed E-state index contributed by atoms with van der Waals surface area (Å²) in [6.45, 7) is 5.86. The molecular weight excluding hydrogens is 512 g/mol. The molecule has 3 atom stereocenters. The lowest BCUT2D eigenvalue weighted by Crippen LogP contribution is -2.43. The van der Waals surface area contributed by atoms with Crippen molar-refractivity contribution >= 4 is 27.3 Å². The summed E-state index contributed by atoms with van der Waals surface area (Å²) in [5.41, 5.74) is 5.52. The number of allylic oxidation sites excluding steroid dienone is 3. The van der Waals surface area contributed by atoms with Gasteiger partial charge in [0.1, 0.15) is 0 Å². The Bertz CT molecular complexity index is 1280. The quantitative estimate of drug-likeness (QED) is 0.250. The van der Waals surface area contributed by atoms with Crippen molar-refractivity contribution in [3.05, 3.63) is 83.9 Å². The van der Waals surface area contributed by atoms with Crippen LogP contribution >= 0.6 is 0 Å². The Kier molecular flexibility index (Phi) is 9.77. The molecule has 0 radical (unpaired) electrons. The first-order chi connectivity index (χ1) is 18.7. The van der Waals surface area contributed by atoms with Gasteiger partial charge in [-0.1, -0.05) is 72.8 Å². The van der Waals surface area contributed by atoms with E-state index in [9.17, 15) is 13.2 Å². The summed E-state index contributed by atoms with van der Waals surface area (Å²) in [5.74, 6) is -0.743. The van der Waals surface area contributed by atoms with Crippen molar-refractivity contribution < 1.29 is 23.1 Å². The number of ether oxygens (including phenoxy) is 1. The molecule has 0 amide bonds. The van der Waals surface area contributed by atoms with E-state index in [2.05, 4.69) is 47.7 Å². The van der Waals surface area contributed by atoms with Crippen molar-refractivity contribution in [2.45, 2.75) is 63.8 Å². The summed E-state index contributed by atoms with van der Waals surface area (Å²) < 4.78 is 32.7. The molecule has 4 rings (SSSR count). The number of fused-ring (bicyclic) bond motifs is 1. The van der Waals surface area contributed by atoms with Crippen LogP contribution in [-0.2, 0) is 19.7 Å². The molecule has 2 aliphatic rings. The highest BCUT2D eigenvalue weighted by Crippen LogP contribution is 2.66. The summed E-state index contributed by atoms with van der Waals surface area (Å²) in [7, 11) is -3.85. The van der Waals surface area contributed by atoms with Crippen LogP contribution < -0.4 is 9.86 Å². The zero-order chi connectivity index (χ0) is 27.9. The van der Waals surface area contributed by atoms with Gasteiger partial charge in [0, 0.05) is 31.1 Å². The molecule has 2 aliphatic carbocycles. The van der Waals surface area contributed by atoms with E-state index in [4.69, 9.17) is 15.0 Å². The summed E-state index contributed by atoms with van der Waals surface area (Å²) in [6.07, 6.45) is 6.60. The Morgan fingerprint density at radius 2 is 1.67 bits per heavy atom. The van der Waals surface area contributed by atoms with Crippen LogP contribution in [0.2, 0.25) is 0 Å². The van der Waals surface area contributed by atoms with E-state index in [1.165, 1.54) is 11.1 Å². The number of hydrogen-bond donors (Lipinski definition) is 3. The molecule has 39 heavy (non-hydrogen) atoms.